The van der Waals surface area contributed by atoms with Crippen LogP contribution in [0.2, 0.25) is 5.04 Å². The second-order valence-corrected chi connectivity index (χ2v) is 9.70. The Balaban J connectivity index is 2.67. The summed E-state index contributed by atoms with van der Waals surface area (Å²) in [7, 11) is -0.538. The second kappa shape index (κ2) is 4.65. The molecule has 1 aromatic heterocycles. The Morgan fingerprint density at radius 3 is 2.33 bits per heavy atom. The minimum absolute atomic E-state index is 0.240. The van der Waals surface area contributed by atoms with E-state index in [4.69, 9.17) is 4.43 Å². The SMILES string of the molecule is CC(C)(C)[SiH2]OC(C)(C)c1nc(Br)cs1. The molecule has 0 amide bonds. The molecule has 0 spiro atoms. The highest BCUT2D eigenvalue weighted by molar-refractivity contribution is 9.10. The van der Waals surface area contributed by atoms with Gasteiger partial charge in [-0.05, 0) is 34.8 Å². The van der Waals surface area contributed by atoms with Crippen molar-refractivity contribution >= 4 is 37.0 Å². The first-order chi connectivity index (χ1) is 6.71. The van der Waals surface area contributed by atoms with E-state index >= 15 is 0 Å². The lowest BCUT2D eigenvalue weighted by molar-refractivity contribution is 0.109. The van der Waals surface area contributed by atoms with Crippen LogP contribution in [-0.4, -0.2) is 14.7 Å². The maximum Gasteiger partial charge on any atom is 0.168 e. The van der Waals surface area contributed by atoms with Crippen molar-refractivity contribution in [2.75, 3.05) is 0 Å². The molecule has 0 aliphatic heterocycles. The molecule has 0 radical (unpaired) electrons. The van der Waals surface area contributed by atoms with E-state index in [1.54, 1.807) is 11.3 Å². The standard InChI is InChI=1S/C10H18BrNOSSi/c1-9(2,3)15-13-10(4,5)8-12-7(11)6-14-8/h6H,15H2,1-5H3. The maximum absolute atomic E-state index is 6.06. The van der Waals surface area contributed by atoms with Crippen molar-refractivity contribution in [3.8, 4) is 0 Å². The Hall–Kier alpha value is 0.287. The summed E-state index contributed by atoms with van der Waals surface area (Å²) in [6, 6.07) is 0. The molecule has 0 saturated carbocycles. The van der Waals surface area contributed by atoms with Crippen LogP contribution in [0, 0.1) is 0 Å². The molecule has 0 atom stereocenters. The van der Waals surface area contributed by atoms with Crippen molar-refractivity contribution in [1.29, 1.82) is 0 Å². The first-order valence-corrected chi connectivity index (χ1v) is 7.92. The Bertz CT molecular complexity index is 332. The van der Waals surface area contributed by atoms with Crippen molar-refractivity contribution in [2.45, 2.75) is 45.3 Å². The average molecular weight is 308 g/mol. The zero-order valence-electron chi connectivity index (χ0n) is 9.93. The molecule has 0 aliphatic carbocycles. The number of halogens is 1. The van der Waals surface area contributed by atoms with E-state index in [1.165, 1.54) is 0 Å². The first kappa shape index (κ1) is 13.4. The van der Waals surface area contributed by atoms with Crippen molar-refractivity contribution in [2.24, 2.45) is 0 Å². The molecular formula is C10H18BrNOSSi. The third-order valence-corrected chi connectivity index (χ3v) is 5.45. The van der Waals surface area contributed by atoms with Crippen molar-refractivity contribution in [3.63, 3.8) is 0 Å². The molecule has 1 heterocycles. The second-order valence-electron chi connectivity index (χ2n) is 5.34. The zero-order chi connectivity index (χ0) is 11.7. The summed E-state index contributed by atoms with van der Waals surface area (Å²) in [6.07, 6.45) is 0. The van der Waals surface area contributed by atoms with Crippen molar-refractivity contribution in [3.05, 3.63) is 15.0 Å². The number of nitrogens with zero attached hydrogens (tertiary/aromatic N) is 1. The molecule has 1 aromatic rings. The molecular weight excluding hydrogens is 290 g/mol. The van der Waals surface area contributed by atoms with Crippen LogP contribution in [0.15, 0.2) is 9.98 Å². The van der Waals surface area contributed by atoms with Crippen LogP contribution >= 0.6 is 27.3 Å². The number of hydrogen-bond acceptors (Lipinski definition) is 3. The molecule has 1 rings (SSSR count). The van der Waals surface area contributed by atoms with E-state index in [0.29, 0.717) is 5.04 Å². The average Bonchev–Trinajstić information content (AvgIpc) is 2.48. The van der Waals surface area contributed by atoms with E-state index in [-0.39, 0.29) is 5.60 Å². The maximum atomic E-state index is 6.06. The van der Waals surface area contributed by atoms with Gasteiger partial charge in [-0.2, -0.15) is 0 Å². The molecule has 0 N–H and O–H groups in total. The number of rotatable bonds is 3. The molecule has 15 heavy (non-hydrogen) atoms. The molecule has 0 fully saturated rings. The van der Waals surface area contributed by atoms with Gasteiger partial charge in [0.05, 0.1) is 0 Å². The van der Waals surface area contributed by atoms with E-state index in [9.17, 15) is 0 Å². The minimum Gasteiger partial charge on any atom is -0.412 e. The molecule has 0 aliphatic rings. The monoisotopic (exact) mass is 307 g/mol. The summed E-state index contributed by atoms with van der Waals surface area (Å²) in [4.78, 5) is 4.42. The van der Waals surface area contributed by atoms with Gasteiger partial charge in [0.2, 0.25) is 0 Å². The van der Waals surface area contributed by atoms with Gasteiger partial charge in [-0.25, -0.2) is 4.98 Å². The van der Waals surface area contributed by atoms with E-state index in [1.807, 2.05) is 5.38 Å². The van der Waals surface area contributed by atoms with Crippen LogP contribution in [-0.2, 0) is 10.0 Å². The summed E-state index contributed by atoms with van der Waals surface area (Å²) in [5.41, 5.74) is -0.240. The van der Waals surface area contributed by atoms with Crippen LogP contribution in [0.3, 0.4) is 0 Å². The Kier molecular flexibility index (Phi) is 4.14. The summed E-state index contributed by atoms with van der Waals surface area (Å²) >= 11 is 5.02. The summed E-state index contributed by atoms with van der Waals surface area (Å²) in [6.45, 7) is 10.9. The van der Waals surface area contributed by atoms with E-state index in [2.05, 4.69) is 55.5 Å². The van der Waals surface area contributed by atoms with Crippen molar-refractivity contribution in [1.82, 2.24) is 4.98 Å². The van der Waals surface area contributed by atoms with Crippen LogP contribution in [0.25, 0.3) is 0 Å². The highest BCUT2D eigenvalue weighted by atomic mass is 79.9. The molecule has 2 nitrogen and oxygen atoms in total. The lowest BCUT2D eigenvalue weighted by Gasteiger charge is -2.28. The van der Waals surface area contributed by atoms with Gasteiger partial charge in [0.1, 0.15) is 15.2 Å². The predicted molar refractivity (Wildman–Crippen MR) is 72.2 cm³/mol. The summed E-state index contributed by atoms with van der Waals surface area (Å²) < 4.78 is 6.96. The van der Waals surface area contributed by atoms with Crippen LogP contribution in [0.4, 0.5) is 0 Å². The topological polar surface area (TPSA) is 22.1 Å². The van der Waals surface area contributed by atoms with Gasteiger partial charge >= 0.3 is 0 Å². The van der Waals surface area contributed by atoms with Gasteiger partial charge in [-0.3, -0.25) is 0 Å². The van der Waals surface area contributed by atoms with E-state index in [0.717, 1.165) is 9.61 Å². The van der Waals surface area contributed by atoms with Crippen molar-refractivity contribution < 1.29 is 4.43 Å². The summed E-state index contributed by atoms with van der Waals surface area (Å²) in [5, 5.41) is 3.37. The fraction of sp³-hybridized carbons (Fsp3) is 0.700. The fourth-order valence-corrected chi connectivity index (χ4v) is 3.35. The Morgan fingerprint density at radius 2 is 1.93 bits per heavy atom. The fourth-order valence-electron chi connectivity index (χ4n) is 0.989. The molecule has 0 saturated heterocycles. The lowest BCUT2D eigenvalue weighted by Crippen LogP contribution is -2.27. The largest absolute Gasteiger partial charge is 0.412 e. The third kappa shape index (κ3) is 4.34. The molecule has 0 unspecified atom stereocenters. The number of aromatic nitrogens is 1. The lowest BCUT2D eigenvalue weighted by atomic mass is 10.2. The molecule has 86 valence electrons. The van der Waals surface area contributed by atoms with Gasteiger partial charge in [-0.15, -0.1) is 11.3 Å². The van der Waals surface area contributed by atoms with Gasteiger partial charge in [-0.1, -0.05) is 20.8 Å². The Morgan fingerprint density at radius 1 is 1.33 bits per heavy atom. The first-order valence-electron chi connectivity index (χ1n) is 4.96. The quantitative estimate of drug-likeness (QED) is 0.798. The van der Waals surface area contributed by atoms with E-state index < -0.39 is 9.76 Å². The van der Waals surface area contributed by atoms with Crippen LogP contribution in [0.1, 0.15) is 39.6 Å². The number of thiazole rings is 1. The normalized spacial score (nSPS) is 14.0. The van der Waals surface area contributed by atoms with Gasteiger partial charge < -0.3 is 4.43 Å². The van der Waals surface area contributed by atoms with Gasteiger partial charge in [0.15, 0.2) is 9.76 Å². The van der Waals surface area contributed by atoms with Crippen LogP contribution in [0.5, 0.6) is 0 Å². The van der Waals surface area contributed by atoms with Gasteiger partial charge in [0.25, 0.3) is 0 Å². The highest BCUT2D eigenvalue weighted by Crippen LogP contribution is 2.31. The molecule has 0 aromatic carbocycles. The van der Waals surface area contributed by atoms with Crippen LogP contribution < -0.4 is 0 Å². The highest BCUT2D eigenvalue weighted by Gasteiger charge is 2.27. The molecule has 5 heteroatoms. The molecule has 0 bridgehead atoms. The summed E-state index contributed by atoms with van der Waals surface area (Å²) in [5.74, 6) is 0. The predicted octanol–water partition coefficient (Wildman–Crippen LogP) is 3.46. The zero-order valence-corrected chi connectivity index (χ0v) is 13.7. The number of hydrogen-bond donors (Lipinski definition) is 0. The van der Waals surface area contributed by atoms with Gasteiger partial charge in [0, 0.05) is 5.38 Å². The smallest absolute Gasteiger partial charge is 0.168 e. The third-order valence-electron chi connectivity index (χ3n) is 1.86. The minimum atomic E-state index is -0.538. The Labute approximate surface area is 107 Å².